The molecule has 3 rings (SSSR count). The monoisotopic (exact) mass is 270 g/mol. The zero-order valence-corrected chi connectivity index (χ0v) is 12.4. The van der Waals surface area contributed by atoms with Crippen molar-refractivity contribution in [3.05, 3.63) is 23.5 Å². The van der Waals surface area contributed by atoms with Crippen molar-refractivity contribution >= 4 is 12.6 Å². The Balaban J connectivity index is 2.00. The minimum absolute atomic E-state index is 0.403. The van der Waals surface area contributed by atoms with E-state index in [1.165, 1.54) is 0 Å². The molecular formula is C15H19BN2O2. The molecule has 1 saturated carbocycles. The van der Waals surface area contributed by atoms with Gasteiger partial charge in [-0.1, -0.05) is 0 Å². The lowest BCUT2D eigenvalue weighted by Crippen LogP contribution is -2.41. The molecule has 1 aliphatic heterocycles. The number of nitrogens with zero attached hydrogens (tertiary/aromatic N) is 2. The van der Waals surface area contributed by atoms with Crippen molar-refractivity contribution in [1.29, 1.82) is 5.26 Å². The first-order valence-corrected chi connectivity index (χ1v) is 7.09. The predicted octanol–water partition coefficient (Wildman–Crippen LogP) is 2.13. The van der Waals surface area contributed by atoms with Gasteiger partial charge in [-0.3, -0.25) is 4.98 Å². The summed E-state index contributed by atoms with van der Waals surface area (Å²) in [4.78, 5) is 4.28. The highest BCUT2D eigenvalue weighted by molar-refractivity contribution is 6.62. The van der Waals surface area contributed by atoms with Crippen LogP contribution in [0.1, 0.15) is 57.6 Å². The average Bonchev–Trinajstić information content (AvgIpc) is 3.17. The van der Waals surface area contributed by atoms with E-state index in [-0.39, 0.29) is 0 Å². The molecule has 0 amide bonds. The van der Waals surface area contributed by atoms with Crippen molar-refractivity contribution in [1.82, 2.24) is 4.98 Å². The van der Waals surface area contributed by atoms with Crippen LogP contribution in [0.4, 0.5) is 0 Å². The van der Waals surface area contributed by atoms with Gasteiger partial charge >= 0.3 is 7.12 Å². The Kier molecular flexibility index (Phi) is 2.93. The van der Waals surface area contributed by atoms with Gasteiger partial charge in [0.1, 0.15) is 0 Å². The number of hydrogen-bond acceptors (Lipinski definition) is 4. The highest BCUT2D eigenvalue weighted by atomic mass is 16.7. The van der Waals surface area contributed by atoms with Gasteiger partial charge in [0.05, 0.1) is 22.8 Å². The van der Waals surface area contributed by atoms with Gasteiger partial charge in [-0.05, 0) is 52.0 Å². The third kappa shape index (κ3) is 2.04. The summed E-state index contributed by atoms with van der Waals surface area (Å²) in [6, 6.07) is 2.32. The summed E-state index contributed by atoms with van der Waals surface area (Å²) in [5, 5.41) is 9.51. The average molecular weight is 270 g/mol. The first-order chi connectivity index (χ1) is 9.36. The van der Waals surface area contributed by atoms with Crippen molar-refractivity contribution in [3.63, 3.8) is 0 Å². The molecule has 2 heterocycles. The second kappa shape index (κ2) is 4.31. The first kappa shape index (κ1) is 13.6. The van der Waals surface area contributed by atoms with E-state index in [0.717, 1.165) is 23.9 Å². The van der Waals surface area contributed by atoms with Gasteiger partial charge in [-0.25, -0.2) is 0 Å². The molecule has 1 aliphatic carbocycles. The maximum Gasteiger partial charge on any atom is 0.497 e. The van der Waals surface area contributed by atoms with Gasteiger partial charge in [-0.2, -0.15) is 5.26 Å². The lowest BCUT2D eigenvalue weighted by molar-refractivity contribution is 0.00578. The fourth-order valence-corrected chi connectivity index (χ4v) is 2.48. The van der Waals surface area contributed by atoms with Crippen molar-refractivity contribution < 1.29 is 9.31 Å². The van der Waals surface area contributed by atoms with Crippen LogP contribution in [0.25, 0.3) is 0 Å². The van der Waals surface area contributed by atoms with E-state index in [1.54, 1.807) is 6.20 Å². The first-order valence-electron chi connectivity index (χ1n) is 7.09. The van der Waals surface area contributed by atoms with Crippen LogP contribution >= 0.6 is 0 Å². The zero-order valence-electron chi connectivity index (χ0n) is 12.4. The fourth-order valence-electron chi connectivity index (χ4n) is 2.48. The second-order valence-electron chi connectivity index (χ2n) is 6.67. The van der Waals surface area contributed by atoms with Crippen molar-refractivity contribution in [2.75, 3.05) is 0 Å². The molecule has 1 aromatic heterocycles. The molecule has 4 nitrogen and oxygen atoms in total. The maximum atomic E-state index is 9.51. The van der Waals surface area contributed by atoms with E-state index >= 15 is 0 Å². The SMILES string of the molecule is CC1(C)OB(c2cncc(C3CC3)c2C#N)OC1(C)C. The molecule has 0 N–H and O–H groups in total. The highest BCUT2D eigenvalue weighted by Crippen LogP contribution is 2.41. The Morgan fingerprint density at radius 2 is 1.80 bits per heavy atom. The molecule has 0 bridgehead atoms. The van der Waals surface area contributed by atoms with Gasteiger partial charge in [0.2, 0.25) is 0 Å². The number of aromatic nitrogens is 1. The molecule has 5 heteroatoms. The molecule has 2 fully saturated rings. The molecular weight excluding hydrogens is 251 g/mol. The quantitative estimate of drug-likeness (QED) is 0.772. The number of rotatable bonds is 2. The van der Waals surface area contributed by atoms with Crippen LogP contribution in [0, 0.1) is 11.3 Å². The van der Waals surface area contributed by atoms with E-state index in [9.17, 15) is 5.26 Å². The molecule has 1 aromatic rings. The Labute approximate surface area is 120 Å². The summed E-state index contributed by atoms with van der Waals surface area (Å²) in [6.07, 6.45) is 5.80. The van der Waals surface area contributed by atoms with Gasteiger partial charge in [-0.15, -0.1) is 0 Å². The Morgan fingerprint density at radius 3 is 2.30 bits per heavy atom. The van der Waals surface area contributed by atoms with Crippen molar-refractivity contribution in [2.24, 2.45) is 0 Å². The third-order valence-corrected chi connectivity index (χ3v) is 4.64. The van der Waals surface area contributed by atoms with E-state index in [2.05, 4.69) is 11.1 Å². The molecule has 1 saturated heterocycles. The molecule has 0 spiro atoms. The van der Waals surface area contributed by atoms with Crippen LogP contribution in [-0.2, 0) is 9.31 Å². The van der Waals surface area contributed by atoms with E-state index in [4.69, 9.17) is 9.31 Å². The van der Waals surface area contributed by atoms with E-state index in [0.29, 0.717) is 11.5 Å². The van der Waals surface area contributed by atoms with Crippen LogP contribution in [0.3, 0.4) is 0 Å². The number of nitriles is 1. The molecule has 20 heavy (non-hydrogen) atoms. The highest BCUT2D eigenvalue weighted by Gasteiger charge is 2.52. The predicted molar refractivity (Wildman–Crippen MR) is 76.6 cm³/mol. The van der Waals surface area contributed by atoms with Crippen LogP contribution in [0.5, 0.6) is 0 Å². The van der Waals surface area contributed by atoms with E-state index < -0.39 is 18.3 Å². The van der Waals surface area contributed by atoms with Gasteiger partial charge in [0.15, 0.2) is 0 Å². The summed E-state index contributed by atoms with van der Waals surface area (Å²) >= 11 is 0. The zero-order chi connectivity index (χ0) is 14.5. The molecule has 0 unspecified atom stereocenters. The third-order valence-electron chi connectivity index (χ3n) is 4.64. The topological polar surface area (TPSA) is 55.1 Å². The van der Waals surface area contributed by atoms with Gasteiger partial charge < -0.3 is 9.31 Å². The summed E-state index contributed by atoms with van der Waals surface area (Å²) in [5.74, 6) is 0.486. The normalized spacial score (nSPS) is 23.6. The maximum absolute atomic E-state index is 9.51. The fraction of sp³-hybridized carbons (Fsp3) is 0.600. The van der Waals surface area contributed by atoms with Crippen LogP contribution in [0.2, 0.25) is 0 Å². The standard InChI is InChI=1S/C15H19BN2O2/c1-14(2)15(3,4)20-16(19-14)13-9-18-8-12(10-5-6-10)11(13)7-17/h8-10H,5-6H2,1-4H3. The van der Waals surface area contributed by atoms with E-state index in [1.807, 2.05) is 33.9 Å². The number of hydrogen-bond donors (Lipinski definition) is 0. The lowest BCUT2D eigenvalue weighted by atomic mass is 9.76. The molecule has 2 aliphatic rings. The lowest BCUT2D eigenvalue weighted by Gasteiger charge is -2.32. The van der Waals surface area contributed by atoms with Gasteiger partial charge in [0.25, 0.3) is 0 Å². The van der Waals surface area contributed by atoms with Crippen LogP contribution < -0.4 is 5.46 Å². The summed E-state index contributed by atoms with van der Waals surface area (Å²) in [7, 11) is -0.513. The Morgan fingerprint density at radius 1 is 1.20 bits per heavy atom. The molecule has 0 radical (unpaired) electrons. The summed E-state index contributed by atoms with van der Waals surface area (Å²) in [5.41, 5.74) is 1.68. The molecule has 0 atom stereocenters. The number of pyridine rings is 1. The minimum Gasteiger partial charge on any atom is -0.399 e. The molecule has 0 aromatic carbocycles. The smallest absolute Gasteiger partial charge is 0.399 e. The minimum atomic E-state index is -0.513. The second-order valence-corrected chi connectivity index (χ2v) is 6.67. The van der Waals surface area contributed by atoms with Crippen molar-refractivity contribution in [2.45, 2.75) is 57.7 Å². The van der Waals surface area contributed by atoms with Gasteiger partial charge in [0, 0.05) is 17.9 Å². The van der Waals surface area contributed by atoms with Crippen molar-refractivity contribution in [3.8, 4) is 6.07 Å². The molecule has 104 valence electrons. The Hall–Kier alpha value is -1.38. The largest absolute Gasteiger partial charge is 0.497 e. The van der Waals surface area contributed by atoms with Crippen LogP contribution in [-0.4, -0.2) is 23.3 Å². The summed E-state index contributed by atoms with van der Waals surface area (Å²) < 4.78 is 12.1. The summed E-state index contributed by atoms with van der Waals surface area (Å²) in [6.45, 7) is 8.04. The van der Waals surface area contributed by atoms with Crippen LogP contribution in [0.15, 0.2) is 12.4 Å². The Bertz CT molecular complexity index is 572.